The lowest BCUT2D eigenvalue weighted by Crippen LogP contribution is -2.38. The minimum atomic E-state index is -0.284. The molecule has 0 bridgehead atoms. The Kier molecular flexibility index (Phi) is 4.66. The molecule has 2 aromatic rings. The Morgan fingerprint density at radius 2 is 1.91 bits per heavy atom. The van der Waals surface area contributed by atoms with E-state index in [4.69, 9.17) is 4.74 Å². The van der Waals surface area contributed by atoms with Gasteiger partial charge in [0.05, 0.1) is 29.6 Å². The Labute approximate surface area is 136 Å². The van der Waals surface area contributed by atoms with Crippen LogP contribution >= 0.6 is 0 Å². The molecule has 1 aliphatic heterocycles. The molecule has 0 aromatic heterocycles. The molecule has 3 N–H and O–H groups in total. The molecule has 5 nitrogen and oxygen atoms in total. The molecule has 1 unspecified atom stereocenters. The zero-order chi connectivity index (χ0) is 16.1. The molecule has 0 saturated carbocycles. The quantitative estimate of drug-likeness (QED) is 0.740. The van der Waals surface area contributed by atoms with Crippen LogP contribution in [0, 0.1) is 0 Å². The fourth-order valence-electron chi connectivity index (χ4n) is 2.57. The summed E-state index contributed by atoms with van der Waals surface area (Å²) in [5, 5.41) is 10.3. The molecule has 0 spiro atoms. The van der Waals surface area contributed by atoms with E-state index in [1.807, 2.05) is 24.3 Å². The first-order chi connectivity index (χ1) is 11.3. The maximum Gasteiger partial charge on any atom is 0.338 e. The number of anilines is 3. The van der Waals surface area contributed by atoms with Crippen LogP contribution in [0.2, 0.25) is 0 Å². The van der Waals surface area contributed by atoms with Gasteiger partial charge in [-0.3, -0.25) is 0 Å². The van der Waals surface area contributed by atoms with Gasteiger partial charge >= 0.3 is 5.97 Å². The van der Waals surface area contributed by atoms with E-state index in [-0.39, 0.29) is 5.97 Å². The van der Waals surface area contributed by atoms with Crippen LogP contribution in [0.4, 0.5) is 17.1 Å². The third kappa shape index (κ3) is 3.74. The maximum atomic E-state index is 11.6. The van der Waals surface area contributed by atoms with Gasteiger partial charge in [-0.2, -0.15) is 0 Å². The molecule has 0 saturated heterocycles. The van der Waals surface area contributed by atoms with Crippen LogP contribution in [-0.4, -0.2) is 31.7 Å². The molecule has 1 heterocycles. The van der Waals surface area contributed by atoms with Gasteiger partial charge in [-0.15, -0.1) is 0 Å². The highest BCUT2D eigenvalue weighted by Crippen LogP contribution is 2.25. The fourth-order valence-corrected chi connectivity index (χ4v) is 2.57. The Morgan fingerprint density at radius 3 is 2.65 bits per heavy atom. The number of para-hydroxylation sites is 2. The van der Waals surface area contributed by atoms with Crippen molar-refractivity contribution in [3.8, 4) is 0 Å². The van der Waals surface area contributed by atoms with Crippen molar-refractivity contribution >= 4 is 23.0 Å². The lowest BCUT2D eigenvalue weighted by Gasteiger charge is -2.28. The minimum Gasteiger partial charge on any atom is -0.462 e. The number of carbonyl (C=O) groups is 1. The normalized spacial score (nSPS) is 15.8. The molecule has 0 fully saturated rings. The van der Waals surface area contributed by atoms with Gasteiger partial charge in [0.1, 0.15) is 0 Å². The van der Waals surface area contributed by atoms with Crippen molar-refractivity contribution in [3.63, 3.8) is 0 Å². The molecular weight excluding hydrogens is 290 g/mol. The van der Waals surface area contributed by atoms with Gasteiger partial charge in [-0.05, 0) is 43.3 Å². The van der Waals surface area contributed by atoms with Gasteiger partial charge in [0, 0.05) is 18.8 Å². The second-order valence-corrected chi connectivity index (χ2v) is 5.45. The minimum absolute atomic E-state index is 0.284. The highest BCUT2D eigenvalue weighted by molar-refractivity contribution is 5.89. The lowest BCUT2D eigenvalue weighted by molar-refractivity contribution is 0.0526. The van der Waals surface area contributed by atoms with E-state index >= 15 is 0 Å². The first-order valence-electron chi connectivity index (χ1n) is 7.87. The number of hydrogen-bond acceptors (Lipinski definition) is 5. The number of fused-ring (bicyclic) bond motifs is 1. The average molecular weight is 311 g/mol. The molecule has 1 aliphatic rings. The third-order valence-corrected chi connectivity index (χ3v) is 3.77. The van der Waals surface area contributed by atoms with Crippen LogP contribution in [0.15, 0.2) is 48.5 Å². The van der Waals surface area contributed by atoms with E-state index in [0.29, 0.717) is 18.2 Å². The molecule has 3 rings (SSSR count). The average Bonchev–Trinajstić information content (AvgIpc) is 2.60. The Bertz CT molecular complexity index is 670. The number of carbonyl (C=O) groups excluding carboxylic acids is 1. The molecule has 5 heteroatoms. The second kappa shape index (κ2) is 7.05. The van der Waals surface area contributed by atoms with Gasteiger partial charge in [-0.1, -0.05) is 12.1 Å². The van der Waals surface area contributed by atoms with Crippen LogP contribution < -0.4 is 16.0 Å². The van der Waals surface area contributed by atoms with E-state index in [1.54, 1.807) is 19.1 Å². The number of hydrogen-bond donors (Lipinski definition) is 3. The summed E-state index contributed by atoms with van der Waals surface area (Å²) < 4.78 is 4.98. The van der Waals surface area contributed by atoms with Crippen LogP contribution in [-0.2, 0) is 4.74 Å². The summed E-state index contributed by atoms with van der Waals surface area (Å²) in [5.74, 6) is -0.284. The Hall–Kier alpha value is -2.69. The van der Waals surface area contributed by atoms with Crippen LogP contribution in [0.25, 0.3) is 0 Å². The molecule has 1 atom stereocenters. The zero-order valence-corrected chi connectivity index (χ0v) is 13.1. The SMILES string of the molecule is CCOC(=O)c1ccc(NCC2CNc3ccccc3N2)cc1. The molecule has 0 aliphatic carbocycles. The van der Waals surface area contributed by atoms with Crippen LogP contribution in [0.3, 0.4) is 0 Å². The van der Waals surface area contributed by atoms with Gasteiger partial charge in [0.15, 0.2) is 0 Å². The zero-order valence-electron chi connectivity index (χ0n) is 13.1. The summed E-state index contributed by atoms with van der Waals surface area (Å²) in [6.45, 7) is 3.85. The van der Waals surface area contributed by atoms with E-state index in [1.165, 1.54) is 0 Å². The molecule has 0 radical (unpaired) electrons. The standard InChI is InChI=1S/C18H21N3O2/c1-2-23-18(22)13-7-9-14(10-8-13)19-11-15-12-20-16-5-3-4-6-17(16)21-15/h3-10,15,19-21H,2,11-12H2,1H3. The number of rotatable bonds is 5. The van der Waals surface area contributed by atoms with Crippen molar-refractivity contribution in [2.75, 3.05) is 35.6 Å². The number of nitrogens with one attached hydrogen (secondary N) is 3. The van der Waals surface area contributed by atoms with Crippen molar-refractivity contribution in [1.82, 2.24) is 0 Å². The number of esters is 1. The first kappa shape index (κ1) is 15.2. The van der Waals surface area contributed by atoms with Crippen LogP contribution in [0.5, 0.6) is 0 Å². The van der Waals surface area contributed by atoms with Gasteiger partial charge in [-0.25, -0.2) is 4.79 Å². The fraction of sp³-hybridized carbons (Fsp3) is 0.278. The predicted molar refractivity (Wildman–Crippen MR) is 93.2 cm³/mol. The monoisotopic (exact) mass is 311 g/mol. The number of benzene rings is 2. The summed E-state index contributed by atoms with van der Waals surface area (Å²) in [6, 6.07) is 15.9. The van der Waals surface area contributed by atoms with Crippen molar-refractivity contribution < 1.29 is 9.53 Å². The van der Waals surface area contributed by atoms with Crippen molar-refractivity contribution in [3.05, 3.63) is 54.1 Å². The van der Waals surface area contributed by atoms with E-state index in [0.717, 1.165) is 30.2 Å². The summed E-state index contributed by atoms with van der Waals surface area (Å²) in [6.07, 6.45) is 0. The molecular formula is C18H21N3O2. The van der Waals surface area contributed by atoms with Crippen molar-refractivity contribution in [1.29, 1.82) is 0 Å². The summed E-state index contributed by atoms with van der Waals surface area (Å²) in [4.78, 5) is 11.6. The highest BCUT2D eigenvalue weighted by Gasteiger charge is 2.16. The lowest BCUT2D eigenvalue weighted by atomic mass is 10.1. The van der Waals surface area contributed by atoms with Gasteiger partial charge in [0.25, 0.3) is 0 Å². The largest absolute Gasteiger partial charge is 0.462 e. The Morgan fingerprint density at radius 1 is 1.17 bits per heavy atom. The van der Waals surface area contributed by atoms with E-state index in [9.17, 15) is 4.79 Å². The molecule has 2 aromatic carbocycles. The van der Waals surface area contributed by atoms with Crippen LogP contribution in [0.1, 0.15) is 17.3 Å². The maximum absolute atomic E-state index is 11.6. The molecule has 120 valence electrons. The predicted octanol–water partition coefficient (Wildman–Crippen LogP) is 3.18. The van der Waals surface area contributed by atoms with E-state index < -0.39 is 0 Å². The highest BCUT2D eigenvalue weighted by atomic mass is 16.5. The van der Waals surface area contributed by atoms with Gasteiger partial charge in [0.2, 0.25) is 0 Å². The Balaban J connectivity index is 1.54. The molecule has 0 amide bonds. The topological polar surface area (TPSA) is 62.4 Å². The summed E-state index contributed by atoms with van der Waals surface area (Å²) in [5.41, 5.74) is 3.83. The van der Waals surface area contributed by atoms with Crippen molar-refractivity contribution in [2.45, 2.75) is 13.0 Å². The summed E-state index contributed by atoms with van der Waals surface area (Å²) in [7, 11) is 0. The smallest absolute Gasteiger partial charge is 0.338 e. The van der Waals surface area contributed by atoms with Gasteiger partial charge < -0.3 is 20.7 Å². The van der Waals surface area contributed by atoms with E-state index in [2.05, 4.69) is 28.1 Å². The summed E-state index contributed by atoms with van der Waals surface area (Å²) >= 11 is 0. The third-order valence-electron chi connectivity index (χ3n) is 3.77. The second-order valence-electron chi connectivity index (χ2n) is 5.45. The van der Waals surface area contributed by atoms with Crippen molar-refractivity contribution in [2.24, 2.45) is 0 Å². The first-order valence-corrected chi connectivity index (χ1v) is 7.87. The number of ether oxygens (including phenoxy) is 1. The molecule has 23 heavy (non-hydrogen) atoms.